The molecule has 4 heteroatoms. The third kappa shape index (κ3) is 4.63. The van der Waals surface area contributed by atoms with Crippen LogP contribution in [0.2, 0.25) is 0 Å². The SMILES string of the molecule is C[C@H]1[CH-]OC(Sc2cccc(O)c2)C1.[Cs+]. The summed E-state index contributed by atoms with van der Waals surface area (Å²) in [5.41, 5.74) is 0.201. The molecule has 2 atom stereocenters. The molecule has 1 heterocycles. The summed E-state index contributed by atoms with van der Waals surface area (Å²) in [6, 6.07) is 7.27. The first-order valence-electron chi connectivity index (χ1n) is 4.68. The van der Waals surface area contributed by atoms with Gasteiger partial charge in [0.1, 0.15) is 5.75 Å². The normalized spacial score (nSPS) is 24.9. The van der Waals surface area contributed by atoms with E-state index in [0.717, 1.165) is 11.3 Å². The molecule has 76 valence electrons. The Hall–Kier alpha value is 1.38. The molecule has 0 spiro atoms. The van der Waals surface area contributed by atoms with Crippen molar-refractivity contribution in [2.45, 2.75) is 23.7 Å². The van der Waals surface area contributed by atoms with Gasteiger partial charge in [0.15, 0.2) is 0 Å². The zero-order chi connectivity index (χ0) is 9.97. The maximum atomic E-state index is 9.28. The van der Waals surface area contributed by atoms with E-state index in [1.165, 1.54) is 0 Å². The van der Waals surface area contributed by atoms with Gasteiger partial charge in [-0.05, 0) is 24.6 Å². The van der Waals surface area contributed by atoms with Crippen LogP contribution in [0.4, 0.5) is 0 Å². The topological polar surface area (TPSA) is 29.5 Å². The van der Waals surface area contributed by atoms with E-state index in [1.54, 1.807) is 23.9 Å². The minimum Gasteiger partial charge on any atom is -0.542 e. The fourth-order valence-electron chi connectivity index (χ4n) is 1.42. The molecule has 0 saturated carbocycles. The van der Waals surface area contributed by atoms with Crippen LogP contribution in [0.5, 0.6) is 5.75 Å². The number of phenolic OH excluding ortho intramolecular Hbond substituents is 1. The molecule has 0 bridgehead atoms. The van der Waals surface area contributed by atoms with E-state index in [1.807, 2.05) is 18.7 Å². The Labute approximate surface area is 154 Å². The Morgan fingerprint density at radius 1 is 1.53 bits per heavy atom. The summed E-state index contributed by atoms with van der Waals surface area (Å²) < 4.78 is 5.47. The van der Waals surface area contributed by atoms with Gasteiger partial charge in [-0.15, -0.1) is 5.92 Å². The average Bonchev–Trinajstić information content (AvgIpc) is 2.51. The first-order chi connectivity index (χ1) is 6.74. The van der Waals surface area contributed by atoms with E-state index in [4.69, 9.17) is 4.74 Å². The number of phenols is 1. The van der Waals surface area contributed by atoms with Crippen molar-refractivity contribution in [3.8, 4) is 5.75 Å². The number of hydrogen-bond donors (Lipinski definition) is 1. The fraction of sp³-hybridized carbons (Fsp3) is 0.364. The summed E-state index contributed by atoms with van der Waals surface area (Å²) in [4.78, 5) is 1.05. The molecular formula is C11H13CsO2S. The standard InChI is InChI=1S/C11H13O2S.Cs/c1-8-5-11(13-7-8)14-10-4-2-3-9(12)6-10;/h2-4,6-8,11-12H,5H2,1H3;/q-1;+1/t8-,11?;/m1./s1. The minimum atomic E-state index is 0. The van der Waals surface area contributed by atoms with Gasteiger partial charge in [-0.1, -0.05) is 24.8 Å². The summed E-state index contributed by atoms with van der Waals surface area (Å²) in [5.74, 6) is 0.842. The predicted octanol–water partition coefficient (Wildman–Crippen LogP) is 0.0326. The summed E-state index contributed by atoms with van der Waals surface area (Å²) in [7, 11) is 0. The maximum Gasteiger partial charge on any atom is 1.00 e. The molecule has 0 amide bonds. The van der Waals surface area contributed by atoms with E-state index < -0.39 is 0 Å². The Morgan fingerprint density at radius 2 is 2.33 bits per heavy atom. The van der Waals surface area contributed by atoms with Gasteiger partial charge in [0.05, 0.1) is 5.44 Å². The van der Waals surface area contributed by atoms with Crippen LogP contribution in [0.1, 0.15) is 13.3 Å². The van der Waals surface area contributed by atoms with Gasteiger partial charge in [-0.3, -0.25) is 0 Å². The van der Waals surface area contributed by atoms with Crippen LogP contribution in [0.15, 0.2) is 29.2 Å². The van der Waals surface area contributed by atoms with Crippen molar-refractivity contribution in [2.75, 3.05) is 0 Å². The van der Waals surface area contributed by atoms with Crippen LogP contribution in [0, 0.1) is 12.5 Å². The monoisotopic (exact) mass is 342 g/mol. The molecule has 1 fully saturated rings. The van der Waals surface area contributed by atoms with Gasteiger partial charge in [-0.25, -0.2) is 6.61 Å². The zero-order valence-corrected chi connectivity index (χ0v) is 16.1. The second-order valence-corrected chi connectivity index (χ2v) is 4.76. The molecule has 0 radical (unpaired) electrons. The first-order valence-corrected chi connectivity index (χ1v) is 5.56. The van der Waals surface area contributed by atoms with Crippen LogP contribution >= 0.6 is 11.8 Å². The second kappa shape index (κ2) is 6.96. The van der Waals surface area contributed by atoms with Crippen LogP contribution in [0.3, 0.4) is 0 Å². The van der Waals surface area contributed by atoms with E-state index in [0.29, 0.717) is 11.7 Å². The zero-order valence-electron chi connectivity index (χ0n) is 9.01. The maximum absolute atomic E-state index is 9.28. The number of aromatic hydroxyl groups is 1. The van der Waals surface area contributed by atoms with Gasteiger partial charge in [-0.2, -0.15) is 0 Å². The van der Waals surface area contributed by atoms with Crippen molar-refractivity contribution in [3.63, 3.8) is 0 Å². The number of ether oxygens (including phenoxy) is 1. The molecule has 2 rings (SSSR count). The quantitative estimate of drug-likeness (QED) is 0.770. The number of thioether (sulfide) groups is 1. The van der Waals surface area contributed by atoms with Gasteiger partial charge in [0.25, 0.3) is 0 Å². The summed E-state index contributed by atoms with van der Waals surface area (Å²) in [6.07, 6.45) is 1.04. The Morgan fingerprint density at radius 3 is 2.93 bits per heavy atom. The Bertz CT molecular complexity index is 319. The molecule has 2 nitrogen and oxygen atoms in total. The van der Waals surface area contributed by atoms with E-state index in [9.17, 15) is 5.11 Å². The van der Waals surface area contributed by atoms with Gasteiger partial charge in [0, 0.05) is 4.90 Å². The van der Waals surface area contributed by atoms with Crippen LogP contribution in [-0.2, 0) is 4.74 Å². The van der Waals surface area contributed by atoms with Crippen molar-refractivity contribution >= 4 is 11.8 Å². The summed E-state index contributed by atoms with van der Waals surface area (Å²) in [5, 5.41) is 9.28. The van der Waals surface area contributed by atoms with Crippen molar-refractivity contribution in [3.05, 3.63) is 30.9 Å². The van der Waals surface area contributed by atoms with Crippen LogP contribution < -0.4 is 68.9 Å². The molecule has 15 heavy (non-hydrogen) atoms. The first kappa shape index (κ1) is 14.4. The summed E-state index contributed by atoms with van der Waals surface area (Å²) >= 11 is 1.66. The summed E-state index contributed by atoms with van der Waals surface area (Å²) in [6.45, 7) is 4.03. The predicted molar refractivity (Wildman–Crippen MR) is 56.9 cm³/mol. The average molecular weight is 342 g/mol. The molecule has 0 aliphatic carbocycles. The number of rotatable bonds is 2. The van der Waals surface area contributed by atoms with Gasteiger partial charge in [0.2, 0.25) is 0 Å². The third-order valence-electron chi connectivity index (χ3n) is 2.11. The smallest absolute Gasteiger partial charge is 0.542 e. The largest absolute Gasteiger partial charge is 1.00 e. The van der Waals surface area contributed by atoms with Crippen molar-refractivity contribution in [2.24, 2.45) is 5.92 Å². The Kier molecular flexibility index (Phi) is 6.70. The molecule has 1 aromatic rings. The van der Waals surface area contributed by atoms with Crippen molar-refractivity contribution < 1.29 is 78.7 Å². The van der Waals surface area contributed by atoms with Gasteiger partial charge >= 0.3 is 68.9 Å². The van der Waals surface area contributed by atoms with Gasteiger partial charge < -0.3 is 9.84 Å². The second-order valence-electron chi connectivity index (χ2n) is 3.53. The van der Waals surface area contributed by atoms with Crippen LogP contribution in [-0.4, -0.2) is 10.5 Å². The number of benzene rings is 1. The molecule has 1 saturated heterocycles. The molecule has 1 aliphatic rings. The minimum absolute atomic E-state index is 0. The number of hydrogen-bond acceptors (Lipinski definition) is 3. The Balaban J connectivity index is 0.00000112. The fourth-order valence-corrected chi connectivity index (χ4v) is 2.59. The van der Waals surface area contributed by atoms with E-state index in [2.05, 4.69) is 6.92 Å². The molecule has 1 N–H and O–H groups in total. The molecule has 0 aromatic heterocycles. The molecular weight excluding hydrogens is 329 g/mol. The third-order valence-corrected chi connectivity index (χ3v) is 3.20. The molecule has 1 unspecified atom stereocenters. The van der Waals surface area contributed by atoms with E-state index in [-0.39, 0.29) is 74.3 Å². The molecule has 1 aromatic carbocycles. The van der Waals surface area contributed by atoms with Crippen LogP contribution in [0.25, 0.3) is 0 Å². The molecule has 1 aliphatic heterocycles. The van der Waals surface area contributed by atoms with Crippen molar-refractivity contribution in [1.82, 2.24) is 0 Å². The van der Waals surface area contributed by atoms with E-state index >= 15 is 0 Å². The van der Waals surface area contributed by atoms with Crippen molar-refractivity contribution in [1.29, 1.82) is 0 Å².